The number of benzene rings is 10. The summed E-state index contributed by atoms with van der Waals surface area (Å²) < 4.78 is 43.2. The number of hydrogen-bond acceptors (Lipinski definition) is 4. The molecule has 0 unspecified atom stereocenters. The van der Waals surface area contributed by atoms with Gasteiger partial charge in [0.15, 0.2) is 24.6 Å². The van der Waals surface area contributed by atoms with Crippen molar-refractivity contribution in [3.8, 4) is 67.5 Å². The monoisotopic (exact) mass is 873 g/mol. The molecule has 7 heteroatoms. The molecule has 0 aliphatic heterocycles. The van der Waals surface area contributed by atoms with Gasteiger partial charge >= 0.3 is 0 Å². The van der Waals surface area contributed by atoms with Crippen LogP contribution in [0.2, 0.25) is 0 Å². The van der Waals surface area contributed by atoms with Gasteiger partial charge in [-0.2, -0.15) is 0 Å². The first-order valence-corrected chi connectivity index (χ1v) is 23.4. The van der Waals surface area contributed by atoms with Gasteiger partial charge in [-0.05, 0) is 116 Å². The summed E-state index contributed by atoms with van der Waals surface area (Å²) in [4.78, 5) is 14.5. The smallest absolute Gasteiger partial charge is 0.171 e. The number of nitrogens with zero attached hydrogens (tertiary/aromatic N) is 3. The van der Waals surface area contributed by atoms with Crippen molar-refractivity contribution in [1.82, 2.24) is 15.0 Å². The maximum atomic E-state index is 15.3. The number of halogens is 2. The molecule has 0 saturated carbocycles. The summed E-state index contributed by atoms with van der Waals surface area (Å²) >= 11 is 0. The van der Waals surface area contributed by atoms with E-state index in [1.54, 1.807) is 24.3 Å². The van der Waals surface area contributed by atoms with Crippen LogP contribution in [0, 0.1) is 11.6 Å². The van der Waals surface area contributed by atoms with Crippen LogP contribution in [0.1, 0.15) is 0 Å². The summed E-state index contributed by atoms with van der Waals surface area (Å²) in [7, 11) is -3.17. The van der Waals surface area contributed by atoms with Crippen molar-refractivity contribution in [2.24, 2.45) is 0 Å². The van der Waals surface area contributed by atoms with E-state index in [9.17, 15) is 8.78 Å². The lowest BCUT2D eigenvalue weighted by Gasteiger charge is -2.21. The lowest BCUT2D eigenvalue weighted by atomic mass is 9.90. The zero-order chi connectivity index (χ0) is 44.6. The molecule has 314 valence electrons. The van der Waals surface area contributed by atoms with E-state index < -0.39 is 7.14 Å². The molecule has 1 heterocycles. The van der Waals surface area contributed by atoms with Gasteiger partial charge in [0.25, 0.3) is 0 Å². The van der Waals surface area contributed by atoms with Gasteiger partial charge in [-0.25, -0.2) is 23.7 Å². The Labute approximate surface area is 381 Å². The highest BCUT2D eigenvalue weighted by Gasteiger charge is 2.30. The zero-order valence-corrected chi connectivity index (χ0v) is 36.3. The summed E-state index contributed by atoms with van der Waals surface area (Å²) in [6, 6.07) is 73.7. The highest BCUT2D eigenvalue weighted by molar-refractivity contribution is 7.85. The van der Waals surface area contributed by atoms with Gasteiger partial charge in [0.2, 0.25) is 0 Å². The molecule has 11 rings (SSSR count). The van der Waals surface area contributed by atoms with Crippen molar-refractivity contribution >= 4 is 44.6 Å². The van der Waals surface area contributed by atoms with E-state index in [1.165, 1.54) is 24.3 Å². The minimum Gasteiger partial charge on any atom is -0.309 e. The predicted molar refractivity (Wildman–Crippen MR) is 267 cm³/mol. The van der Waals surface area contributed by atoms with Crippen LogP contribution in [0.4, 0.5) is 8.78 Å². The molecule has 0 atom stereocenters. The normalized spacial score (nSPS) is 11.5. The van der Waals surface area contributed by atoms with E-state index in [4.69, 9.17) is 15.0 Å². The second-order valence-electron chi connectivity index (χ2n) is 16.1. The molecule has 0 aliphatic rings. The molecule has 10 aromatic carbocycles. The van der Waals surface area contributed by atoms with Crippen LogP contribution in [0.25, 0.3) is 89.1 Å². The molecule has 0 amide bonds. The Bertz CT molecular complexity index is 3510. The number of fused-ring (bicyclic) bond motifs is 2. The maximum Gasteiger partial charge on any atom is 0.171 e. The van der Waals surface area contributed by atoms with Gasteiger partial charge in [-0.1, -0.05) is 170 Å². The Hall–Kier alpha value is -8.18. The molecular formula is C59H38F2N3OP. The van der Waals surface area contributed by atoms with E-state index in [0.717, 1.165) is 76.4 Å². The van der Waals surface area contributed by atoms with Crippen LogP contribution >= 0.6 is 7.14 Å². The van der Waals surface area contributed by atoms with Crippen LogP contribution in [-0.4, -0.2) is 15.0 Å². The van der Waals surface area contributed by atoms with Crippen LogP contribution in [0.3, 0.4) is 0 Å². The highest BCUT2D eigenvalue weighted by Crippen LogP contribution is 2.44. The second kappa shape index (κ2) is 17.1. The molecule has 0 aliphatic carbocycles. The molecule has 4 nitrogen and oxygen atoms in total. The fourth-order valence-corrected chi connectivity index (χ4v) is 11.6. The lowest BCUT2D eigenvalue weighted by Crippen LogP contribution is -2.25. The quantitative estimate of drug-likeness (QED) is 0.136. The minimum atomic E-state index is -3.17. The maximum absolute atomic E-state index is 15.3. The first kappa shape index (κ1) is 40.6. The van der Waals surface area contributed by atoms with Gasteiger partial charge in [0.1, 0.15) is 11.6 Å². The molecule has 0 saturated heterocycles. The Morgan fingerprint density at radius 3 is 1.09 bits per heavy atom. The van der Waals surface area contributed by atoms with Crippen LogP contribution in [-0.2, 0) is 4.57 Å². The van der Waals surface area contributed by atoms with Gasteiger partial charge in [0.05, 0.1) is 0 Å². The predicted octanol–water partition coefficient (Wildman–Crippen LogP) is 14.1. The molecule has 0 N–H and O–H groups in total. The van der Waals surface area contributed by atoms with Crippen molar-refractivity contribution in [3.63, 3.8) is 0 Å². The minimum absolute atomic E-state index is 0.359. The molecule has 0 fully saturated rings. The van der Waals surface area contributed by atoms with Crippen LogP contribution in [0.5, 0.6) is 0 Å². The lowest BCUT2D eigenvalue weighted by molar-refractivity contribution is 0.592. The average Bonchev–Trinajstić information content (AvgIpc) is 3.38. The Morgan fingerprint density at radius 2 is 0.636 bits per heavy atom. The van der Waals surface area contributed by atoms with Gasteiger partial charge in [-0.3, -0.25) is 0 Å². The van der Waals surface area contributed by atoms with Crippen LogP contribution in [0.15, 0.2) is 231 Å². The SMILES string of the molecule is O=P(c1ccccc1)(c1ccccc1)c1cccc(-c2ccc(-c3ccc(-c4ccc(-c5nc(-c6ccc(F)cc6)nc(-c6ccc(F)cc6)n5)c5ccccc45)cc3)c3ccccc23)c1. The van der Waals surface area contributed by atoms with Gasteiger partial charge < -0.3 is 4.57 Å². The molecule has 1 aromatic heterocycles. The van der Waals surface area contributed by atoms with E-state index in [0.29, 0.717) is 28.6 Å². The summed E-state index contributed by atoms with van der Waals surface area (Å²) in [5.74, 6) is 0.499. The van der Waals surface area contributed by atoms with E-state index in [2.05, 4.69) is 91.0 Å². The summed E-state index contributed by atoms with van der Waals surface area (Å²) in [6.45, 7) is 0. The fraction of sp³-hybridized carbons (Fsp3) is 0. The largest absolute Gasteiger partial charge is 0.309 e. The van der Waals surface area contributed by atoms with Gasteiger partial charge in [0, 0.05) is 32.6 Å². The standard InChI is InChI=1S/C59H38F2N3OP/c60-44-30-26-41(27-31-44)57-62-58(42-28-32-45(61)33-29-42)64-59(63-57)56-37-36-50(53-19-9-10-21-55(53)56)40-24-22-39(23-25-40)49-34-35-51(54-20-8-7-18-52(49)54)43-12-11-17-48(38-43)66(65,46-13-3-1-4-14-46)47-15-5-2-6-16-47/h1-38H. The number of rotatable bonds is 9. The molecular weight excluding hydrogens is 836 g/mol. The molecule has 0 spiro atoms. The van der Waals surface area contributed by atoms with Crippen molar-refractivity contribution in [1.29, 1.82) is 0 Å². The number of hydrogen-bond donors (Lipinski definition) is 0. The highest BCUT2D eigenvalue weighted by atomic mass is 31.2. The summed E-state index contributed by atoms with van der Waals surface area (Å²) in [5.41, 5.74) is 8.45. The average molecular weight is 874 g/mol. The summed E-state index contributed by atoms with van der Waals surface area (Å²) in [6.07, 6.45) is 0. The van der Waals surface area contributed by atoms with E-state index in [-0.39, 0.29) is 11.6 Å². The first-order valence-electron chi connectivity index (χ1n) is 21.7. The molecule has 0 bridgehead atoms. The van der Waals surface area contributed by atoms with Crippen molar-refractivity contribution in [3.05, 3.63) is 242 Å². The fourth-order valence-electron chi connectivity index (χ4n) is 8.92. The second-order valence-corrected chi connectivity index (χ2v) is 18.9. The van der Waals surface area contributed by atoms with Crippen molar-refractivity contribution in [2.75, 3.05) is 0 Å². The van der Waals surface area contributed by atoms with Crippen LogP contribution < -0.4 is 15.9 Å². The van der Waals surface area contributed by atoms with E-state index in [1.807, 2.05) is 91.0 Å². The Balaban J connectivity index is 0.958. The third-order valence-corrected chi connectivity index (χ3v) is 15.3. The zero-order valence-electron chi connectivity index (χ0n) is 35.4. The molecule has 66 heavy (non-hydrogen) atoms. The first-order chi connectivity index (χ1) is 32.4. The Morgan fingerprint density at radius 1 is 0.288 bits per heavy atom. The third-order valence-electron chi connectivity index (χ3n) is 12.2. The van der Waals surface area contributed by atoms with E-state index >= 15 is 4.57 Å². The summed E-state index contributed by atoms with van der Waals surface area (Å²) in [5, 5.41) is 6.60. The number of aromatic nitrogens is 3. The molecule has 11 aromatic rings. The van der Waals surface area contributed by atoms with Gasteiger partial charge in [-0.15, -0.1) is 0 Å². The van der Waals surface area contributed by atoms with Crippen molar-refractivity contribution < 1.29 is 13.3 Å². The van der Waals surface area contributed by atoms with Crippen molar-refractivity contribution in [2.45, 2.75) is 0 Å². The third kappa shape index (κ3) is 7.47. The molecule has 0 radical (unpaired) electrons. The topological polar surface area (TPSA) is 55.7 Å². The Kier molecular flexibility index (Phi) is 10.5.